The van der Waals surface area contributed by atoms with E-state index in [2.05, 4.69) is 25.7 Å². The Bertz CT molecular complexity index is 151. The summed E-state index contributed by atoms with van der Waals surface area (Å²) in [4.78, 5) is 2.50. The van der Waals surface area contributed by atoms with E-state index < -0.39 is 5.60 Å². The largest absolute Gasteiger partial charge is 0.390 e. The summed E-state index contributed by atoms with van der Waals surface area (Å²) in [6.45, 7) is 12.7. The monoisotopic (exact) mass is 215 g/mol. The Morgan fingerprint density at radius 2 is 1.80 bits per heavy atom. The number of hydrogen-bond donors (Lipinski definition) is 1. The van der Waals surface area contributed by atoms with Gasteiger partial charge in [-0.2, -0.15) is 0 Å². The molecular weight excluding hydrogens is 186 g/mol. The van der Waals surface area contributed by atoms with Gasteiger partial charge in [-0.3, -0.25) is 0 Å². The maximum atomic E-state index is 9.72. The van der Waals surface area contributed by atoms with Crippen LogP contribution in [0, 0.1) is 0 Å². The summed E-state index contributed by atoms with van der Waals surface area (Å²) in [7, 11) is 0. The molecule has 0 heterocycles. The van der Waals surface area contributed by atoms with Gasteiger partial charge in [0.1, 0.15) is 0 Å². The Balaban J connectivity index is 4.01. The molecule has 0 aromatic rings. The van der Waals surface area contributed by atoms with Crippen LogP contribution in [0.3, 0.4) is 0 Å². The number of hydrogen-bond acceptors (Lipinski definition) is 2. The molecule has 1 atom stereocenters. The molecule has 0 aromatic heterocycles. The first-order chi connectivity index (χ1) is 6.90. The molecule has 0 radical (unpaired) electrons. The van der Waals surface area contributed by atoms with Crippen molar-refractivity contribution in [2.24, 2.45) is 0 Å². The fraction of sp³-hybridized carbons (Fsp3) is 1.00. The van der Waals surface area contributed by atoms with Crippen molar-refractivity contribution in [3.63, 3.8) is 0 Å². The molecule has 0 rings (SSSR count). The molecule has 2 nitrogen and oxygen atoms in total. The van der Waals surface area contributed by atoms with Gasteiger partial charge in [0.2, 0.25) is 0 Å². The molecule has 2 heteroatoms. The van der Waals surface area contributed by atoms with Crippen LogP contribution in [-0.4, -0.2) is 34.7 Å². The lowest BCUT2D eigenvalue weighted by atomic mass is 10.0. The standard InChI is InChI=1S/C13H29NO/c1-6-8-10-14(12(3)7-2)11-9-13(4,5)15/h12,15H,6-11H2,1-5H3. The Morgan fingerprint density at radius 1 is 1.20 bits per heavy atom. The van der Waals surface area contributed by atoms with E-state index in [9.17, 15) is 5.11 Å². The second-order valence-corrected chi connectivity index (χ2v) is 5.21. The molecule has 0 bridgehead atoms. The van der Waals surface area contributed by atoms with Crippen molar-refractivity contribution >= 4 is 0 Å². The molecule has 0 aliphatic heterocycles. The first-order valence-electron chi connectivity index (χ1n) is 6.37. The molecule has 0 spiro atoms. The first-order valence-corrected chi connectivity index (χ1v) is 6.37. The second-order valence-electron chi connectivity index (χ2n) is 5.21. The predicted octanol–water partition coefficient (Wildman–Crippen LogP) is 3.05. The Morgan fingerprint density at radius 3 is 2.20 bits per heavy atom. The smallest absolute Gasteiger partial charge is 0.0603 e. The van der Waals surface area contributed by atoms with Crippen molar-refractivity contribution in [2.45, 2.75) is 71.9 Å². The second kappa shape index (κ2) is 7.24. The SMILES string of the molecule is CCCCN(CCC(C)(C)O)C(C)CC. The fourth-order valence-corrected chi connectivity index (χ4v) is 1.59. The number of nitrogens with zero attached hydrogens (tertiary/aromatic N) is 1. The van der Waals surface area contributed by atoms with E-state index in [-0.39, 0.29) is 0 Å². The average molecular weight is 215 g/mol. The fourth-order valence-electron chi connectivity index (χ4n) is 1.59. The van der Waals surface area contributed by atoms with Crippen LogP contribution < -0.4 is 0 Å². The molecule has 1 unspecified atom stereocenters. The summed E-state index contributed by atoms with van der Waals surface area (Å²) in [5, 5.41) is 9.72. The van der Waals surface area contributed by atoms with Gasteiger partial charge in [0.15, 0.2) is 0 Å². The molecular formula is C13H29NO. The van der Waals surface area contributed by atoms with Gasteiger partial charge in [-0.15, -0.1) is 0 Å². The van der Waals surface area contributed by atoms with Crippen molar-refractivity contribution in [2.75, 3.05) is 13.1 Å². The quantitative estimate of drug-likeness (QED) is 0.672. The third-order valence-corrected chi connectivity index (χ3v) is 3.02. The Hall–Kier alpha value is -0.0800. The van der Waals surface area contributed by atoms with E-state index in [0.717, 1.165) is 13.0 Å². The van der Waals surface area contributed by atoms with Crippen molar-refractivity contribution in [3.05, 3.63) is 0 Å². The van der Waals surface area contributed by atoms with Gasteiger partial charge >= 0.3 is 0 Å². The maximum Gasteiger partial charge on any atom is 0.0603 e. The molecule has 0 saturated carbocycles. The first kappa shape index (κ1) is 14.9. The summed E-state index contributed by atoms with van der Waals surface area (Å²) in [6, 6.07) is 0.638. The van der Waals surface area contributed by atoms with E-state index in [1.165, 1.54) is 25.8 Å². The number of unbranched alkanes of at least 4 members (excludes halogenated alkanes) is 1. The molecule has 15 heavy (non-hydrogen) atoms. The molecule has 92 valence electrons. The molecule has 1 N–H and O–H groups in total. The summed E-state index contributed by atoms with van der Waals surface area (Å²) in [5.41, 5.74) is -0.530. The lowest BCUT2D eigenvalue weighted by molar-refractivity contribution is 0.0513. The van der Waals surface area contributed by atoms with Gasteiger partial charge in [-0.05, 0) is 46.6 Å². The van der Waals surface area contributed by atoms with Crippen LogP contribution in [-0.2, 0) is 0 Å². The van der Waals surface area contributed by atoms with Crippen molar-refractivity contribution < 1.29 is 5.11 Å². The van der Waals surface area contributed by atoms with Crippen LogP contribution in [0.1, 0.15) is 60.3 Å². The van der Waals surface area contributed by atoms with Crippen molar-refractivity contribution in [1.82, 2.24) is 4.90 Å². The van der Waals surface area contributed by atoms with Crippen LogP contribution in [0.25, 0.3) is 0 Å². The summed E-state index contributed by atoms with van der Waals surface area (Å²) >= 11 is 0. The summed E-state index contributed by atoms with van der Waals surface area (Å²) in [5.74, 6) is 0. The van der Waals surface area contributed by atoms with Crippen LogP contribution in [0.2, 0.25) is 0 Å². The molecule has 0 fully saturated rings. The highest BCUT2D eigenvalue weighted by Crippen LogP contribution is 2.12. The van der Waals surface area contributed by atoms with E-state index in [4.69, 9.17) is 0 Å². The van der Waals surface area contributed by atoms with E-state index in [1.54, 1.807) is 0 Å². The Kier molecular flexibility index (Phi) is 7.20. The minimum Gasteiger partial charge on any atom is -0.390 e. The van der Waals surface area contributed by atoms with Gasteiger partial charge in [0.05, 0.1) is 5.60 Å². The van der Waals surface area contributed by atoms with Crippen molar-refractivity contribution in [1.29, 1.82) is 0 Å². The molecule has 0 amide bonds. The normalized spacial score (nSPS) is 14.6. The van der Waals surface area contributed by atoms with Gasteiger partial charge < -0.3 is 10.0 Å². The summed E-state index contributed by atoms with van der Waals surface area (Å²) < 4.78 is 0. The maximum absolute atomic E-state index is 9.72. The highest BCUT2D eigenvalue weighted by molar-refractivity contribution is 4.72. The van der Waals surface area contributed by atoms with E-state index in [1.807, 2.05) is 13.8 Å². The van der Waals surface area contributed by atoms with Crippen LogP contribution in [0.5, 0.6) is 0 Å². The molecule has 0 aliphatic rings. The van der Waals surface area contributed by atoms with Crippen LogP contribution >= 0.6 is 0 Å². The lowest BCUT2D eigenvalue weighted by Crippen LogP contribution is -2.37. The summed E-state index contributed by atoms with van der Waals surface area (Å²) in [6.07, 6.45) is 4.56. The molecule has 0 saturated heterocycles. The van der Waals surface area contributed by atoms with Gasteiger partial charge in [0.25, 0.3) is 0 Å². The van der Waals surface area contributed by atoms with E-state index >= 15 is 0 Å². The van der Waals surface area contributed by atoms with Gasteiger partial charge in [0, 0.05) is 12.6 Å². The highest BCUT2D eigenvalue weighted by atomic mass is 16.3. The zero-order valence-corrected chi connectivity index (χ0v) is 11.2. The average Bonchev–Trinajstić information content (AvgIpc) is 2.15. The highest BCUT2D eigenvalue weighted by Gasteiger charge is 2.17. The van der Waals surface area contributed by atoms with Crippen LogP contribution in [0.4, 0.5) is 0 Å². The zero-order chi connectivity index (χ0) is 11.9. The third-order valence-electron chi connectivity index (χ3n) is 3.02. The number of rotatable bonds is 8. The molecule has 0 aromatic carbocycles. The van der Waals surface area contributed by atoms with Crippen LogP contribution in [0.15, 0.2) is 0 Å². The third kappa shape index (κ3) is 7.80. The minimum atomic E-state index is -0.530. The lowest BCUT2D eigenvalue weighted by Gasteiger charge is -2.30. The van der Waals surface area contributed by atoms with Gasteiger partial charge in [-0.1, -0.05) is 20.3 Å². The van der Waals surface area contributed by atoms with Gasteiger partial charge in [-0.25, -0.2) is 0 Å². The number of aliphatic hydroxyl groups is 1. The predicted molar refractivity (Wildman–Crippen MR) is 67.1 cm³/mol. The van der Waals surface area contributed by atoms with E-state index in [0.29, 0.717) is 6.04 Å². The molecule has 0 aliphatic carbocycles. The topological polar surface area (TPSA) is 23.5 Å². The Labute approximate surface area is 95.7 Å². The van der Waals surface area contributed by atoms with Crippen molar-refractivity contribution in [3.8, 4) is 0 Å². The minimum absolute atomic E-state index is 0.530. The zero-order valence-electron chi connectivity index (χ0n) is 11.2.